The number of carbonyl (C=O) groups is 2. The Bertz CT molecular complexity index is 704. The second kappa shape index (κ2) is 8.29. The molecule has 0 atom stereocenters. The van der Waals surface area contributed by atoms with Gasteiger partial charge >= 0.3 is 11.9 Å². The first-order chi connectivity index (χ1) is 11.8. The molecule has 0 amide bonds. The minimum Gasteiger partial charge on any atom is -0.477 e. The largest absolute Gasteiger partial charge is 0.477 e. The van der Waals surface area contributed by atoms with Crippen molar-refractivity contribution < 1.29 is 19.8 Å². The summed E-state index contributed by atoms with van der Waals surface area (Å²) in [6.45, 7) is 0.766. The average Bonchev–Trinajstić information content (AvgIpc) is 2.54. The number of hydrogen-bond acceptors (Lipinski definition) is 7. The normalized spacial score (nSPS) is 11.0. The summed E-state index contributed by atoms with van der Waals surface area (Å²) in [5.41, 5.74) is 4.27. The van der Waals surface area contributed by atoms with Crippen LogP contribution in [-0.2, 0) is 13.1 Å². The maximum Gasteiger partial charge on any atom is 0.354 e. The van der Waals surface area contributed by atoms with Crippen LogP contribution in [0, 0.1) is 0 Å². The first-order valence-electron chi connectivity index (χ1n) is 7.42. The Labute approximate surface area is 144 Å². The van der Waals surface area contributed by atoms with Crippen LogP contribution in [-0.4, -0.2) is 56.2 Å². The van der Waals surface area contributed by atoms with E-state index in [1.807, 2.05) is 0 Å². The third-order valence-electron chi connectivity index (χ3n) is 3.19. The summed E-state index contributed by atoms with van der Waals surface area (Å²) in [4.78, 5) is 30.0. The van der Waals surface area contributed by atoms with E-state index in [-0.39, 0.29) is 11.4 Å². The van der Waals surface area contributed by atoms with Gasteiger partial charge in [-0.15, -0.1) is 0 Å². The zero-order chi connectivity index (χ0) is 18.4. The molecule has 2 heterocycles. The molecule has 25 heavy (non-hydrogen) atoms. The molecule has 0 bridgehead atoms. The van der Waals surface area contributed by atoms with Gasteiger partial charge in [0.1, 0.15) is 11.4 Å². The number of aromatic carboxylic acids is 2. The van der Waals surface area contributed by atoms with Crippen molar-refractivity contribution in [2.45, 2.75) is 13.1 Å². The molecule has 0 aliphatic heterocycles. The van der Waals surface area contributed by atoms with Crippen molar-refractivity contribution >= 4 is 11.9 Å². The fraction of sp³-hybridized carbons (Fsp3) is 0.250. The average molecular weight is 345 g/mol. The van der Waals surface area contributed by atoms with Crippen molar-refractivity contribution in [1.82, 2.24) is 25.5 Å². The molecule has 0 unspecified atom stereocenters. The van der Waals surface area contributed by atoms with Gasteiger partial charge in [-0.1, -0.05) is 12.1 Å². The van der Waals surface area contributed by atoms with Crippen LogP contribution >= 0.6 is 0 Å². The maximum absolute atomic E-state index is 10.9. The lowest BCUT2D eigenvalue weighted by molar-refractivity contribution is 0.0501. The van der Waals surface area contributed by atoms with Gasteiger partial charge in [0, 0.05) is 14.1 Å². The summed E-state index contributed by atoms with van der Waals surface area (Å²) in [7, 11) is 3.57. The molecule has 9 nitrogen and oxygen atoms in total. The summed E-state index contributed by atoms with van der Waals surface area (Å²) < 4.78 is 0. The van der Waals surface area contributed by atoms with Crippen molar-refractivity contribution in [3.63, 3.8) is 0 Å². The standard InChI is InChI=1S/C16H19N5O4/c1-20(9-11-5-3-7-13(17-11)15(22)23)19-21(2)10-12-6-4-8-14(18-12)16(24)25/h3-8,19H,9-10H2,1-2H3,(H,22,23)(H,24,25). The summed E-state index contributed by atoms with van der Waals surface area (Å²) in [5, 5.41) is 21.4. The molecule has 0 aliphatic rings. The van der Waals surface area contributed by atoms with E-state index in [0.717, 1.165) is 0 Å². The molecule has 0 saturated heterocycles. The smallest absolute Gasteiger partial charge is 0.354 e. The summed E-state index contributed by atoms with van der Waals surface area (Å²) >= 11 is 0. The SMILES string of the molecule is CN(Cc1cccc(C(=O)O)n1)NN(C)Cc1cccc(C(=O)O)n1. The van der Waals surface area contributed by atoms with Gasteiger partial charge in [-0.25, -0.2) is 29.6 Å². The van der Waals surface area contributed by atoms with Crippen LogP contribution in [0.5, 0.6) is 0 Å². The lowest BCUT2D eigenvalue weighted by Gasteiger charge is -2.25. The number of hydrogen-bond donors (Lipinski definition) is 3. The quantitative estimate of drug-likeness (QED) is 0.598. The second-order valence-corrected chi connectivity index (χ2v) is 5.45. The Balaban J connectivity index is 1.92. The number of hydrazine groups is 2. The van der Waals surface area contributed by atoms with E-state index in [2.05, 4.69) is 15.5 Å². The lowest BCUT2D eigenvalue weighted by atomic mass is 10.3. The lowest BCUT2D eigenvalue weighted by Crippen LogP contribution is -2.45. The number of nitrogens with one attached hydrogen (secondary N) is 1. The zero-order valence-corrected chi connectivity index (χ0v) is 13.9. The van der Waals surface area contributed by atoms with Crippen LogP contribution in [0.1, 0.15) is 32.4 Å². The Kier molecular flexibility index (Phi) is 6.12. The van der Waals surface area contributed by atoms with E-state index in [0.29, 0.717) is 24.5 Å². The number of rotatable bonds is 8. The van der Waals surface area contributed by atoms with Crippen LogP contribution in [0.15, 0.2) is 36.4 Å². The molecule has 0 spiro atoms. The Morgan fingerprint density at radius 3 is 1.64 bits per heavy atom. The molecule has 2 aromatic heterocycles. The van der Waals surface area contributed by atoms with Gasteiger partial charge in [0.25, 0.3) is 0 Å². The predicted molar refractivity (Wildman–Crippen MR) is 88.5 cm³/mol. The van der Waals surface area contributed by atoms with Gasteiger partial charge in [0.15, 0.2) is 0 Å². The second-order valence-electron chi connectivity index (χ2n) is 5.45. The molecule has 0 radical (unpaired) electrons. The van der Waals surface area contributed by atoms with Crippen LogP contribution in [0.2, 0.25) is 0 Å². The predicted octanol–water partition coefficient (Wildman–Crippen LogP) is 0.856. The highest BCUT2D eigenvalue weighted by atomic mass is 16.4. The first kappa shape index (κ1) is 18.5. The van der Waals surface area contributed by atoms with E-state index < -0.39 is 11.9 Å². The van der Waals surface area contributed by atoms with E-state index in [1.165, 1.54) is 12.1 Å². The molecule has 0 aromatic carbocycles. The summed E-state index contributed by atoms with van der Waals surface area (Å²) in [6, 6.07) is 9.64. The van der Waals surface area contributed by atoms with Crippen molar-refractivity contribution in [2.24, 2.45) is 0 Å². The van der Waals surface area contributed by atoms with Gasteiger partial charge in [0.2, 0.25) is 0 Å². The fourth-order valence-electron chi connectivity index (χ4n) is 2.22. The highest BCUT2D eigenvalue weighted by Gasteiger charge is 2.10. The molecule has 0 aliphatic carbocycles. The zero-order valence-electron chi connectivity index (χ0n) is 13.9. The van der Waals surface area contributed by atoms with Gasteiger partial charge < -0.3 is 10.2 Å². The van der Waals surface area contributed by atoms with Crippen LogP contribution in [0.4, 0.5) is 0 Å². The summed E-state index contributed by atoms with van der Waals surface area (Å²) in [5.74, 6) is -2.14. The minimum atomic E-state index is -1.07. The fourth-order valence-corrected chi connectivity index (χ4v) is 2.22. The van der Waals surface area contributed by atoms with Crippen molar-refractivity contribution in [3.05, 3.63) is 59.2 Å². The van der Waals surface area contributed by atoms with E-state index in [1.54, 1.807) is 48.4 Å². The monoisotopic (exact) mass is 345 g/mol. The van der Waals surface area contributed by atoms with E-state index in [4.69, 9.17) is 10.2 Å². The molecule has 2 rings (SSSR count). The summed E-state index contributed by atoms with van der Waals surface area (Å²) in [6.07, 6.45) is 0. The molecule has 0 saturated carbocycles. The number of pyridine rings is 2. The molecule has 132 valence electrons. The third kappa shape index (κ3) is 5.60. The number of aromatic nitrogens is 2. The Hall–Kier alpha value is -2.88. The highest BCUT2D eigenvalue weighted by molar-refractivity contribution is 5.85. The topological polar surface area (TPSA) is 119 Å². The molecule has 0 fully saturated rings. The molecular formula is C16H19N5O4. The first-order valence-corrected chi connectivity index (χ1v) is 7.42. The molecular weight excluding hydrogens is 326 g/mol. The van der Waals surface area contributed by atoms with Crippen LogP contribution in [0.3, 0.4) is 0 Å². The Morgan fingerprint density at radius 2 is 1.28 bits per heavy atom. The minimum absolute atomic E-state index is 0.00561. The van der Waals surface area contributed by atoms with Crippen LogP contribution in [0.25, 0.3) is 0 Å². The van der Waals surface area contributed by atoms with Crippen LogP contribution < -0.4 is 5.53 Å². The van der Waals surface area contributed by atoms with Gasteiger partial charge in [-0.2, -0.15) is 5.53 Å². The van der Waals surface area contributed by atoms with Gasteiger partial charge in [-0.05, 0) is 24.3 Å². The van der Waals surface area contributed by atoms with Gasteiger partial charge in [0.05, 0.1) is 24.5 Å². The third-order valence-corrected chi connectivity index (χ3v) is 3.19. The number of carboxylic acid groups (broad SMARTS) is 2. The maximum atomic E-state index is 10.9. The van der Waals surface area contributed by atoms with E-state index >= 15 is 0 Å². The van der Waals surface area contributed by atoms with E-state index in [9.17, 15) is 9.59 Å². The Morgan fingerprint density at radius 1 is 0.880 bits per heavy atom. The molecule has 2 aromatic rings. The van der Waals surface area contributed by atoms with Crippen molar-refractivity contribution in [1.29, 1.82) is 0 Å². The van der Waals surface area contributed by atoms with Crippen molar-refractivity contribution in [3.8, 4) is 0 Å². The number of nitrogens with zero attached hydrogens (tertiary/aromatic N) is 4. The number of carboxylic acids is 2. The van der Waals surface area contributed by atoms with Crippen molar-refractivity contribution in [2.75, 3.05) is 14.1 Å². The van der Waals surface area contributed by atoms with Gasteiger partial charge in [-0.3, -0.25) is 0 Å². The highest BCUT2D eigenvalue weighted by Crippen LogP contribution is 2.04. The molecule has 9 heteroatoms. The molecule has 3 N–H and O–H groups in total.